The van der Waals surface area contributed by atoms with Gasteiger partial charge in [-0.05, 0) is 44.4 Å². The Hall–Kier alpha value is -1.94. The lowest BCUT2D eigenvalue weighted by atomic mass is 10.2. The van der Waals surface area contributed by atoms with E-state index in [-0.39, 0.29) is 11.9 Å². The van der Waals surface area contributed by atoms with Gasteiger partial charge >= 0.3 is 0 Å². The molecule has 0 bridgehead atoms. The number of hydrogen-bond donors (Lipinski definition) is 2. The number of benzene rings is 2. The summed E-state index contributed by atoms with van der Waals surface area (Å²) < 4.78 is 0. The number of nitrogens with one attached hydrogen (secondary N) is 2. The Morgan fingerprint density at radius 2 is 1.76 bits per heavy atom. The van der Waals surface area contributed by atoms with Gasteiger partial charge in [0.2, 0.25) is 5.91 Å². The van der Waals surface area contributed by atoms with Crippen molar-refractivity contribution in [2.24, 2.45) is 0 Å². The summed E-state index contributed by atoms with van der Waals surface area (Å²) >= 11 is 1.62. The van der Waals surface area contributed by atoms with E-state index in [1.165, 1.54) is 5.56 Å². The van der Waals surface area contributed by atoms with Crippen molar-refractivity contribution in [1.82, 2.24) is 0 Å². The van der Waals surface area contributed by atoms with Gasteiger partial charge in [0, 0.05) is 10.6 Å². The van der Waals surface area contributed by atoms with E-state index >= 15 is 0 Å². The molecule has 0 aliphatic carbocycles. The molecule has 0 spiro atoms. The van der Waals surface area contributed by atoms with E-state index in [1.807, 2.05) is 68.6 Å². The number of carbonyl (C=O) groups excluding carboxylic acids is 1. The van der Waals surface area contributed by atoms with Gasteiger partial charge in [0.15, 0.2) is 0 Å². The number of para-hydroxylation sites is 1. The molecule has 2 N–H and O–H groups in total. The summed E-state index contributed by atoms with van der Waals surface area (Å²) in [5, 5.41) is 6.18. The van der Waals surface area contributed by atoms with Gasteiger partial charge in [0.1, 0.15) is 6.04 Å². The zero-order chi connectivity index (χ0) is 15.2. The summed E-state index contributed by atoms with van der Waals surface area (Å²) in [5.74, 6) is -0.0444. The van der Waals surface area contributed by atoms with Crippen molar-refractivity contribution in [1.29, 1.82) is 0 Å². The first-order valence-corrected chi connectivity index (χ1v) is 8.09. The third-order valence-corrected chi connectivity index (χ3v) is 3.99. The molecular weight excluding hydrogens is 280 g/mol. The van der Waals surface area contributed by atoms with Crippen molar-refractivity contribution in [3.63, 3.8) is 0 Å². The molecule has 4 heteroatoms. The normalized spacial score (nSPS) is 11.8. The van der Waals surface area contributed by atoms with E-state index in [0.717, 1.165) is 16.3 Å². The van der Waals surface area contributed by atoms with Gasteiger partial charge in [-0.1, -0.05) is 29.8 Å². The van der Waals surface area contributed by atoms with Gasteiger partial charge < -0.3 is 10.6 Å². The number of hydrogen-bond acceptors (Lipinski definition) is 3. The number of thioether (sulfide) groups is 1. The molecule has 0 fully saturated rings. The third kappa shape index (κ3) is 4.26. The molecule has 2 rings (SSSR count). The summed E-state index contributed by atoms with van der Waals surface area (Å²) in [5.41, 5.74) is 3.00. The fourth-order valence-electron chi connectivity index (χ4n) is 1.95. The Balaban J connectivity index is 2.01. The summed E-state index contributed by atoms with van der Waals surface area (Å²) in [6.45, 7) is 3.90. The van der Waals surface area contributed by atoms with Crippen LogP contribution in [0.4, 0.5) is 11.4 Å². The van der Waals surface area contributed by atoms with Crippen molar-refractivity contribution in [2.45, 2.75) is 24.8 Å². The first-order valence-electron chi connectivity index (χ1n) is 6.87. The Kier molecular flexibility index (Phi) is 5.28. The van der Waals surface area contributed by atoms with Crippen molar-refractivity contribution in [3.05, 3.63) is 54.1 Å². The van der Waals surface area contributed by atoms with E-state index in [2.05, 4.69) is 10.6 Å². The molecule has 0 saturated heterocycles. The maximum absolute atomic E-state index is 12.3. The van der Waals surface area contributed by atoms with Crippen LogP contribution in [0.25, 0.3) is 0 Å². The van der Waals surface area contributed by atoms with E-state index in [4.69, 9.17) is 0 Å². The first kappa shape index (κ1) is 15.4. The molecule has 2 aromatic carbocycles. The summed E-state index contributed by atoms with van der Waals surface area (Å²) in [6.07, 6.45) is 2.00. The molecular formula is C17H20N2OS. The lowest BCUT2D eigenvalue weighted by molar-refractivity contribution is -0.116. The highest BCUT2D eigenvalue weighted by Crippen LogP contribution is 2.24. The number of rotatable bonds is 5. The summed E-state index contributed by atoms with van der Waals surface area (Å²) in [6, 6.07) is 15.5. The van der Waals surface area contributed by atoms with E-state index in [9.17, 15) is 4.79 Å². The standard InChI is InChI=1S/C17H20N2OS/c1-12-8-10-14(11-9-12)18-13(2)17(20)19-15-6-4-5-7-16(15)21-3/h4-11,13,18H,1-3H3,(H,19,20)/t13-/m0/s1. The van der Waals surface area contributed by atoms with Crippen LogP contribution in [-0.4, -0.2) is 18.2 Å². The minimum atomic E-state index is -0.303. The molecule has 0 aliphatic rings. The van der Waals surface area contributed by atoms with Crippen molar-refractivity contribution in [2.75, 3.05) is 16.9 Å². The van der Waals surface area contributed by atoms with E-state index in [1.54, 1.807) is 11.8 Å². The fourth-order valence-corrected chi connectivity index (χ4v) is 2.51. The molecule has 0 saturated carbocycles. The Morgan fingerprint density at radius 3 is 2.43 bits per heavy atom. The van der Waals surface area contributed by atoms with Crippen LogP contribution in [0.2, 0.25) is 0 Å². The predicted molar refractivity (Wildman–Crippen MR) is 91.1 cm³/mol. The lowest BCUT2D eigenvalue weighted by Gasteiger charge is -2.16. The molecule has 2 aromatic rings. The quantitative estimate of drug-likeness (QED) is 0.815. The zero-order valence-corrected chi connectivity index (χ0v) is 13.3. The van der Waals surface area contributed by atoms with Crippen LogP contribution in [0.1, 0.15) is 12.5 Å². The van der Waals surface area contributed by atoms with Gasteiger partial charge in [-0.2, -0.15) is 0 Å². The SMILES string of the molecule is CSc1ccccc1NC(=O)[C@H](C)Nc1ccc(C)cc1. The van der Waals surface area contributed by atoms with Crippen LogP contribution in [0.15, 0.2) is 53.4 Å². The second-order valence-corrected chi connectivity index (χ2v) is 5.77. The zero-order valence-electron chi connectivity index (χ0n) is 12.5. The van der Waals surface area contributed by atoms with Gasteiger partial charge in [-0.3, -0.25) is 4.79 Å². The van der Waals surface area contributed by atoms with Crippen LogP contribution in [-0.2, 0) is 4.79 Å². The Labute approximate surface area is 130 Å². The Bertz CT molecular complexity index is 610. The van der Waals surface area contributed by atoms with Crippen molar-refractivity contribution in [3.8, 4) is 0 Å². The number of amides is 1. The molecule has 110 valence electrons. The first-order chi connectivity index (χ1) is 10.1. The van der Waals surface area contributed by atoms with Crippen LogP contribution in [0.5, 0.6) is 0 Å². The van der Waals surface area contributed by atoms with E-state index in [0.29, 0.717) is 0 Å². The van der Waals surface area contributed by atoms with Crippen molar-refractivity contribution >= 4 is 29.0 Å². The Morgan fingerprint density at radius 1 is 1.10 bits per heavy atom. The monoisotopic (exact) mass is 300 g/mol. The smallest absolute Gasteiger partial charge is 0.246 e. The number of anilines is 2. The average Bonchev–Trinajstić information content (AvgIpc) is 2.50. The highest BCUT2D eigenvalue weighted by atomic mass is 32.2. The van der Waals surface area contributed by atoms with Gasteiger partial charge in [-0.25, -0.2) is 0 Å². The lowest BCUT2D eigenvalue weighted by Crippen LogP contribution is -2.32. The maximum Gasteiger partial charge on any atom is 0.246 e. The third-order valence-electron chi connectivity index (χ3n) is 3.19. The molecule has 0 unspecified atom stereocenters. The molecule has 1 atom stereocenters. The topological polar surface area (TPSA) is 41.1 Å². The highest BCUT2D eigenvalue weighted by Gasteiger charge is 2.14. The molecule has 1 amide bonds. The van der Waals surface area contributed by atoms with Crippen LogP contribution in [0, 0.1) is 6.92 Å². The second-order valence-electron chi connectivity index (χ2n) is 4.92. The van der Waals surface area contributed by atoms with Crippen LogP contribution in [0.3, 0.4) is 0 Å². The molecule has 0 radical (unpaired) electrons. The minimum Gasteiger partial charge on any atom is -0.374 e. The van der Waals surface area contributed by atoms with Gasteiger partial charge in [-0.15, -0.1) is 11.8 Å². The summed E-state index contributed by atoms with van der Waals surface area (Å²) in [7, 11) is 0. The molecule has 21 heavy (non-hydrogen) atoms. The largest absolute Gasteiger partial charge is 0.374 e. The van der Waals surface area contributed by atoms with Gasteiger partial charge in [0.05, 0.1) is 5.69 Å². The van der Waals surface area contributed by atoms with Crippen molar-refractivity contribution < 1.29 is 4.79 Å². The predicted octanol–water partition coefficient (Wildman–Crippen LogP) is 4.16. The molecule has 0 heterocycles. The average molecular weight is 300 g/mol. The number of carbonyl (C=O) groups is 1. The molecule has 0 aromatic heterocycles. The summed E-state index contributed by atoms with van der Waals surface area (Å²) in [4.78, 5) is 13.3. The highest BCUT2D eigenvalue weighted by molar-refractivity contribution is 7.98. The van der Waals surface area contributed by atoms with Gasteiger partial charge in [0.25, 0.3) is 0 Å². The van der Waals surface area contributed by atoms with Crippen LogP contribution < -0.4 is 10.6 Å². The number of aryl methyl sites for hydroxylation is 1. The minimum absolute atomic E-state index is 0.0444. The fraction of sp³-hybridized carbons (Fsp3) is 0.235. The maximum atomic E-state index is 12.3. The molecule has 3 nitrogen and oxygen atoms in total. The molecule has 0 aliphatic heterocycles. The second kappa shape index (κ2) is 7.18. The van der Waals surface area contributed by atoms with E-state index < -0.39 is 0 Å². The van der Waals surface area contributed by atoms with Crippen LogP contribution >= 0.6 is 11.8 Å².